The van der Waals surface area contributed by atoms with E-state index in [1.807, 2.05) is 0 Å². The maximum Gasteiger partial charge on any atom is 0.336 e. The van der Waals surface area contributed by atoms with Crippen LogP contribution in [0.1, 0.15) is 19.4 Å². The molecule has 2 aromatic rings. The smallest absolute Gasteiger partial charge is 0.336 e. The predicted octanol–water partition coefficient (Wildman–Crippen LogP) is -1.35. The van der Waals surface area contributed by atoms with E-state index in [2.05, 4.69) is 0 Å². The Hall–Kier alpha value is -2.25. The number of aliphatic hydroxyl groups excluding tert-OH is 5. The van der Waals surface area contributed by atoms with Crippen LogP contribution in [0.3, 0.4) is 0 Å². The lowest BCUT2D eigenvalue weighted by Gasteiger charge is -2.39. The fourth-order valence-electron chi connectivity index (χ4n) is 3.44. The number of rotatable bonds is 7. The van der Waals surface area contributed by atoms with Crippen LogP contribution in [0.25, 0.3) is 11.0 Å². The van der Waals surface area contributed by atoms with Gasteiger partial charge < -0.3 is 49.3 Å². The van der Waals surface area contributed by atoms with E-state index in [-0.39, 0.29) is 23.5 Å². The highest BCUT2D eigenvalue weighted by molar-refractivity contribution is 5.86. The van der Waals surface area contributed by atoms with Crippen LogP contribution in [0, 0.1) is 0 Å². The first-order valence-corrected chi connectivity index (χ1v) is 9.99. The third-order valence-corrected chi connectivity index (χ3v) is 5.41. The van der Waals surface area contributed by atoms with Crippen LogP contribution in [-0.2, 0) is 11.2 Å². The van der Waals surface area contributed by atoms with E-state index in [0.29, 0.717) is 10.9 Å². The van der Waals surface area contributed by atoms with Gasteiger partial charge in [-0.15, -0.1) is 0 Å². The fraction of sp³-hybridized carbons (Fsp3) is 0.571. The fourth-order valence-corrected chi connectivity index (χ4v) is 3.44. The molecule has 0 aliphatic carbocycles. The molecule has 1 saturated heterocycles. The minimum Gasteiger partial charge on any atom is -0.492 e. The molecular weight excluding hydrogens is 428 g/mol. The van der Waals surface area contributed by atoms with E-state index >= 15 is 0 Å². The summed E-state index contributed by atoms with van der Waals surface area (Å²) in [7, 11) is 1.31. The molecule has 11 nitrogen and oxygen atoms in total. The SMILES string of the molecule is COc1c(CC(O)C(C)(C)O)cc2ccc(=O)oc2c1O[C@@H]1O[C@H](CO)[C@@H](O)[C@H](O)[C@H]1O. The summed E-state index contributed by atoms with van der Waals surface area (Å²) in [5.41, 5.74) is -1.78. The highest BCUT2D eigenvalue weighted by Crippen LogP contribution is 2.41. The average molecular weight is 456 g/mol. The minimum absolute atomic E-state index is 0.0344. The van der Waals surface area contributed by atoms with Crippen molar-refractivity contribution < 1.29 is 49.3 Å². The normalized spacial score (nSPS) is 27.3. The summed E-state index contributed by atoms with van der Waals surface area (Å²) in [4.78, 5) is 11.9. The highest BCUT2D eigenvalue weighted by atomic mass is 16.7. The number of fused-ring (bicyclic) bond motifs is 1. The van der Waals surface area contributed by atoms with Gasteiger partial charge in [-0.05, 0) is 26.0 Å². The van der Waals surface area contributed by atoms with Crippen LogP contribution in [0.4, 0.5) is 0 Å². The van der Waals surface area contributed by atoms with Gasteiger partial charge in [-0.25, -0.2) is 4.79 Å². The van der Waals surface area contributed by atoms with Crippen molar-refractivity contribution in [3.05, 3.63) is 34.2 Å². The quantitative estimate of drug-likeness (QED) is 0.271. The van der Waals surface area contributed by atoms with Crippen molar-refractivity contribution in [3.63, 3.8) is 0 Å². The second-order valence-electron chi connectivity index (χ2n) is 8.26. The number of benzene rings is 1. The van der Waals surface area contributed by atoms with E-state index in [4.69, 9.17) is 18.6 Å². The first kappa shape index (κ1) is 24.4. The summed E-state index contributed by atoms with van der Waals surface area (Å²) < 4.78 is 21.9. The first-order chi connectivity index (χ1) is 15.0. The van der Waals surface area contributed by atoms with Gasteiger partial charge in [-0.3, -0.25) is 0 Å². The molecule has 1 aliphatic rings. The molecule has 1 aromatic heterocycles. The predicted molar refractivity (Wildman–Crippen MR) is 109 cm³/mol. The second kappa shape index (κ2) is 9.32. The number of methoxy groups -OCH3 is 1. The molecule has 178 valence electrons. The standard InChI is InChI=1S/C21H28O11/c1-21(2,28)12(23)7-10-6-9-4-5-13(24)31-18(9)19(17(10)29-3)32-20-16(27)15(26)14(25)11(8-22)30-20/h4-6,11-12,14-16,20,22-23,25-28H,7-8H2,1-3H3/t11-,12?,14-,15+,16-,20+/m1/s1. The molecule has 1 aromatic carbocycles. The van der Waals surface area contributed by atoms with Gasteiger partial charge in [0, 0.05) is 23.4 Å². The lowest BCUT2D eigenvalue weighted by Crippen LogP contribution is -2.60. The molecule has 1 fully saturated rings. The van der Waals surface area contributed by atoms with Gasteiger partial charge in [0.25, 0.3) is 0 Å². The summed E-state index contributed by atoms with van der Waals surface area (Å²) >= 11 is 0. The zero-order valence-corrected chi connectivity index (χ0v) is 17.8. The third kappa shape index (κ3) is 4.74. The second-order valence-corrected chi connectivity index (χ2v) is 8.26. The van der Waals surface area contributed by atoms with Gasteiger partial charge in [0.15, 0.2) is 11.3 Å². The van der Waals surface area contributed by atoms with Crippen LogP contribution in [0.15, 0.2) is 27.4 Å². The minimum atomic E-state index is -1.71. The van der Waals surface area contributed by atoms with Gasteiger partial charge in [0.1, 0.15) is 24.4 Å². The third-order valence-electron chi connectivity index (χ3n) is 5.41. The topological polar surface area (TPSA) is 179 Å². The Kier molecular flexibility index (Phi) is 7.10. The summed E-state index contributed by atoms with van der Waals surface area (Å²) in [5, 5.41) is 60.7. The van der Waals surface area contributed by atoms with Crippen LogP contribution in [0.5, 0.6) is 11.5 Å². The zero-order chi connectivity index (χ0) is 23.8. The molecule has 6 atom stereocenters. The summed E-state index contributed by atoms with van der Waals surface area (Å²) in [6, 6.07) is 4.23. The largest absolute Gasteiger partial charge is 0.492 e. The van der Waals surface area contributed by atoms with Gasteiger partial charge in [-0.1, -0.05) is 0 Å². The molecule has 2 heterocycles. The van der Waals surface area contributed by atoms with Crippen molar-refractivity contribution >= 4 is 11.0 Å². The molecule has 1 aliphatic heterocycles. The van der Waals surface area contributed by atoms with Crippen LogP contribution in [0.2, 0.25) is 0 Å². The molecule has 0 saturated carbocycles. The molecule has 6 N–H and O–H groups in total. The molecule has 1 unspecified atom stereocenters. The molecule has 0 amide bonds. The van der Waals surface area contributed by atoms with Gasteiger partial charge in [0.05, 0.1) is 25.4 Å². The molecule has 32 heavy (non-hydrogen) atoms. The number of ether oxygens (including phenoxy) is 3. The lowest BCUT2D eigenvalue weighted by molar-refractivity contribution is -0.277. The molecule has 11 heteroatoms. The van der Waals surface area contributed by atoms with E-state index in [0.717, 1.165) is 0 Å². The molecule has 3 rings (SSSR count). The highest BCUT2D eigenvalue weighted by Gasteiger charge is 2.45. The number of hydrogen-bond donors (Lipinski definition) is 6. The van der Waals surface area contributed by atoms with Crippen molar-refractivity contribution in [2.24, 2.45) is 0 Å². The van der Waals surface area contributed by atoms with Crippen LogP contribution >= 0.6 is 0 Å². The molecule has 0 spiro atoms. The lowest BCUT2D eigenvalue weighted by atomic mass is 9.94. The van der Waals surface area contributed by atoms with Crippen molar-refractivity contribution in [1.82, 2.24) is 0 Å². The molecular formula is C21H28O11. The average Bonchev–Trinajstić information content (AvgIpc) is 2.73. The summed E-state index contributed by atoms with van der Waals surface area (Å²) in [5.74, 6) is -0.128. The Labute approximate surface area is 183 Å². The van der Waals surface area contributed by atoms with Gasteiger partial charge in [0.2, 0.25) is 12.0 Å². The first-order valence-electron chi connectivity index (χ1n) is 9.99. The van der Waals surface area contributed by atoms with Gasteiger partial charge >= 0.3 is 5.63 Å². The Bertz CT molecular complexity index is 994. The van der Waals surface area contributed by atoms with Crippen molar-refractivity contribution in [2.45, 2.75) is 62.7 Å². The Balaban J connectivity index is 2.11. The van der Waals surface area contributed by atoms with Crippen LogP contribution in [-0.4, -0.2) is 86.8 Å². The van der Waals surface area contributed by atoms with E-state index in [1.54, 1.807) is 6.07 Å². The molecule has 0 radical (unpaired) electrons. The Morgan fingerprint density at radius 1 is 1.12 bits per heavy atom. The van der Waals surface area contributed by atoms with E-state index in [1.165, 1.54) is 33.1 Å². The van der Waals surface area contributed by atoms with Crippen molar-refractivity contribution in [3.8, 4) is 11.5 Å². The number of hydrogen-bond acceptors (Lipinski definition) is 11. The van der Waals surface area contributed by atoms with E-state index in [9.17, 15) is 35.4 Å². The maximum absolute atomic E-state index is 11.9. The zero-order valence-electron chi connectivity index (χ0n) is 17.8. The van der Waals surface area contributed by atoms with Gasteiger partial charge in [-0.2, -0.15) is 0 Å². The van der Waals surface area contributed by atoms with Crippen LogP contribution < -0.4 is 15.1 Å². The Morgan fingerprint density at radius 3 is 2.41 bits per heavy atom. The monoisotopic (exact) mass is 456 g/mol. The Morgan fingerprint density at radius 2 is 1.81 bits per heavy atom. The molecule has 0 bridgehead atoms. The summed E-state index contributed by atoms with van der Waals surface area (Å²) in [6.07, 6.45) is -9.02. The number of aliphatic hydroxyl groups is 6. The summed E-state index contributed by atoms with van der Waals surface area (Å²) in [6.45, 7) is 2.22. The van der Waals surface area contributed by atoms with E-state index < -0.39 is 54.6 Å². The van der Waals surface area contributed by atoms with Crippen molar-refractivity contribution in [1.29, 1.82) is 0 Å². The maximum atomic E-state index is 11.9. The van der Waals surface area contributed by atoms with Crippen molar-refractivity contribution in [2.75, 3.05) is 13.7 Å².